The molecule has 1 N–H and O–H groups in total. The molecule has 0 saturated carbocycles. The number of hydrogen-bond acceptors (Lipinski definition) is 6. The van der Waals surface area contributed by atoms with E-state index in [1.54, 1.807) is 49.4 Å². The quantitative estimate of drug-likeness (QED) is 0.261. The third-order valence-corrected chi connectivity index (χ3v) is 9.04. The number of anilines is 1. The number of ether oxygens (including phenoxy) is 2. The van der Waals surface area contributed by atoms with Crippen molar-refractivity contribution in [1.82, 2.24) is 10.2 Å². The van der Waals surface area contributed by atoms with Crippen molar-refractivity contribution >= 4 is 50.7 Å². The minimum atomic E-state index is -4.31. The van der Waals surface area contributed by atoms with E-state index in [9.17, 15) is 18.0 Å². The Morgan fingerprint density at radius 1 is 0.907 bits per heavy atom. The van der Waals surface area contributed by atoms with Gasteiger partial charge in [0.15, 0.2) is 0 Å². The fraction of sp³-hybridized carbons (Fsp3) is 0.355. The Kier molecular flexibility index (Phi) is 11.3. The molecule has 0 aliphatic rings. The summed E-state index contributed by atoms with van der Waals surface area (Å²) in [6.07, 6.45) is 0.246. The first kappa shape index (κ1) is 34.0. The number of amides is 2. The highest BCUT2D eigenvalue weighted by atomic mass is 35.5. The molecule has 232 valence electrons. The summed E-state index contributed by atoms with van der Waals surface area (Å²) in [6, 6.07) is 16.3. The van der Waals surface area contributed by atoms with Crippen molar-refractivity contribution in [2.24, 2.45) is 0 Å². The summed E-state index contributed by atoms with van der Waals surface area (Å²) >= 11 is 12.9. The molecular weight excluding hydrogens is 613 g/mol. The molecule has 0 heterocycles. The van der Waals surface area contributed by atoms with E-state index in [1.807, 2.05) is 20.8 Å². The maximum atomic E-state index is 14.3. The van der Waals surface area contributed by atoms with Gasteiger partial charge in [-0.25, -0.2) is 8.42 Å². The van der Waals surface area contributed by atoms with E-state index in [4.69, 9.17) is 32.7 Å². The lowest BCUT2D eigenvalue weighted by atomic mass is 10.1. The van der Waals surface area contributed by atoms with Crippen LogP contribution in [-0.4, -0.2) is 57.5 Å². The van der Waals surface area contributed by atoms with Gasteiger partial charge in [-0.05, 0) is 75.7 Å². The second-order valence-electron chi connectivity index (χ2n) is 10.7. The molecule has 3 aromatic rings. The number of methoxy groups -OCH3 is 2. The summed E-state index contributed by atoms with van der Waals surface area (Å²) in [5.74, 6) is -0.328. The van der Waals surface area contributed by atoms with Gasteiger partial charge in [0, 0.05) is 27.7 Å². The van der Waals surface area contributed by atoms with Crippen LogP contribution in [0.25, 0.3) is 0 Å². The highest BCUT2D eigenvalue weighted by Crippen LogP contribution is 2.33. The Balaban J connectivity index is 2.15. The first-order chi connectivity index (χ1) is 20.2. The maximum Gasteiger partial charge on any atom is 0.264 e. The lowest BCUT2D eigenvalue weighted by molar-refractivity contribution is -0.141. The minimum Gasteiger partial charge on any atom is -0.497 e. The summed E-state index contributed by atoms with van der Waals surface area (Å²) in [7, 11) is -1.43. The van der Waals surface area contributed by atoms with Gasteiger partial charge in [-0.2, -0.15) is 0 Å². The molecular formula is C31H37Cl2N3O6S. The van der Waals surface area contributed by atoms with E-state index in [0.29, 0.717) is 21.4 Å². The Morgan fingerprint density at radius 3 is 2.05 bits per heavy atom. The Morgan fingerprint density at radius 2 is 1.51 bits per heavy atom. The van der Waals surface area contributed by atoms with Gasteiger partial charge in [-0.15, -0.1) is 0 Å². The fourth-order valence-electron chi connectivity index (χ4n) is 4.45. The Labute approximate surface area is 263 Å². The largest absolute Gasteiger partial charge is 0.497 e. The average molecular weight is 651 g/mol. The molecule has 0 spiro atoms. The molecule has 0 aliphatic carbocycles. The van der Waals surface area contributed by atoms with Crippen molar-refractivity contribution in [2.45, 2.75) is 57.1 Å². The van der Waals surface area contributed by atoms with Gasteiger partial charge < -0.3 is 19.7 Å². The van der Waals surface area contributed by atoms with Crippen molar-refractivity contribution in [3.8, 4) is 11.5 Å². The number of carbonyl (C=O) groups excluding carboxylic acids is 2. The van der Waals surface area contributed by atoms with Crippen LogP contribution >= 0.6 is 23.2 Å². The summed E-state index contributed by atoms with van der Waals surface area (Å²) in [5.41, 5.74) is 0.00251. The number of rotatable bonds is 12. The van der Waals surface area contributed by atoms with Crippen molar-refractivity contribution < 1.29 is 27.5 Å². The molecule has 43 heavy (non-hydrogen) atoms. The standard InChI is InChI=1S/C31H37Cl2N3O6S/c1-7-26(30(38)34-31(2,3)4)35(19-23-24(32)11-10-12-25(23)33)29(37)20-36(27-13-8-9-14-28(27)42-6)43(39,40)22-17-15-21(41-5)16-18-22/h8-18,26H,7,19-20H2,1-6H3,(H,34,38)/t26-/m0/s1. The van der Waals surface area contributed by atoms with Crippen LogP contribution in [0, 0.1) is 0 Å². The number of hydrogen-bond donors (Lipinski definition) is 1. The summed E-state index contributed by atoms with van der Waals surface area (Å²) < 4.78 is 39.9. The molecule has 0 saturated heterocycles. The van der Waals surface area contributed by atoms with E-state index in [0.717, 1.165) is 4.31 Å². The Hall–Kier alpha value is -3.47. The zero-order valence-corrected chi connectivity index (χ0v) is 27.4. The van der Waals surface area contributed by atoms with Gasteiger partial charge in [0.2, 0.25) is 11.8 Å². The number of benzene rings is 3. The van der Waals surface area contributed by atoms with E-state index in [1.165, 1.54) is 43.4 Å². The van der Waals surface area contributed by atoms with Crippen molar-refractivity contribution in [1.29, 1.82) is 0 Å². The highest BCUT2D eigenvalue weighted by molar-refractivity contribution is 7.92. The van der Waals surface area contributed by atoms with E-state index < -0.39 is 40.0 Å². The number of nitrogens with one attached hydrogen (secondary N) is 1. The summed E-state index contributed by atoms with van der Waals surface area (Å²) in [6.45, 7) is 6.50. The molecule has 0 aliphatic heterocycles. The van der Waals surface area contributed by atoms with Gasteiger partial charge in [0.05, 0.1) is 24.8 Å². The topological polar surface area (TPSA) is 105 Å². The van der Waals surface area contributed by atoms with Crippen LogP contribution in [0.2, 0.25) is 10.0 Å². The smallest absolute Gasteiger partial charge is 0.264 e. The number of para-hydroxylation sites is 2. The van der Waals surface area contributed by atoms with E-state index in [-0.39, 0.29) is 29.3 Å². The van der Waals surface area contributed by atoms with Crippen LogP contribution in [0.15, 0.2) is 71.6 Å². The second-order valence-corrected chi connectivity index (χ2v) is 13.4. The zero-order chi connectivity index (χ0) is 31.9. The van der Waals surface area contributed by atoms with Crippen molar-refractivity contribution in [3.63, 3.8) is 0 Å². The minimum absolute atomic E-state index is 0.0646. The monoisotopic (exact) mass is 649 g/mol. The molecule has 3 rings (SSSR count). The lowest BCUT2D eigenvalue weighted by Crippen LogP contribution is -2.55. The third kappa shape index (κ3) is 8.34. The molecule has 12 heteroatoms. The molecule has 3 aromatic carbocycles. The van der Waals surface area contributed by atoms with Gasteiger partial charge in [0.25, 0.3) is 10.0 Å². The van der Waals surface area contributed by atoms with Crippen LogP contribution < -0.4 is 19.1 Å². The van der Waals surface area contributed by atoms with Crippen LogP contribution in [0.4, 0.5) is 5.69 Å². The normalized spacial score (nSPS) is 12.3. The van der Waals surface area contributed by atoms with Crippen molar-refractivity contribution in [3.05, 3.63) is 82.3 Å². The number of halogens is 2. The van der Waals surface area contributed by atoms with Crippen LogP contribution in [0.3, 0.4) is 0 Å². The summed E-state index contributed by atoms with van der Waals surface area (Å²) in [4.78, 5) is 29.0. The molecule has 0 fully saturated rings. The predicted molar refractivity (Wildman–Crippen MR) is 170 cm³/mol. The van der Waals surface area contributed by atoms with Gasteiger partial charge in [-0.1, -0.05) is 48.3 Å². The Bertz CT molecular complexity index is 1520. The van der Waals surface area contributed by atoms with Crippen molar-refractivity contribution in [2.75, 3.05) is 25.1 Å². The number of carbonyl (C=O) groups is 2. The number of sulfonamides is 1. The molecule has 0 radical (unpaired) electrons. The number of nitrogens with zero attached hydrogens (tertiary/aromatic N) is 2. The van der Waals surface area contributed by atoms with Gasteiger partial charge in [-0.3, -0.25) is 13.9 Å². The van der Waals surface area contributed by atoms with Gasteiger partial charge in [0.1, 0.15) is 24.1 Å². The van der Waals surface area contributed by atoms with Gasteiger partial charge >= 0.3 is 0 Å². The van der Waals surface area contributed by atoms with Crippen LogP contribution in [0.5, 0.6) is 11.5 Å². The predicted octanol–water partition coefficient (Wildman–Crippen LogP) is 5.93. The summed E-state index contributed by atoms with van der Waals surface area (Å²) in [5, 5.41) is 3.55. The molecule has 2 amide bonds. The zero-order valence-electron chi connectivity index (χ0n) is 25.1. The van der Waals surface area contributed by atoms with E-state index in [2.05, 4.69) is 5.32 Å². The SMILES string of the molecule is CC[C@@H](C(=O)NC(C)(C)C)N(Cc1c(Cl)cccc1Cl)C(=O)CN(c1ccccc1OC)S(=O)(=O)c1ccc(OC)cc1. The van der Waals surface area contributed by atoms with Crippen LogP contribution in [0.1, 0.15) is 39.7 Å². The molecule has 0 unspecified atom stereocenters. The lowest BCUT2D eigenvalue weighted by Gasteiger charge is -2.35. The van der Waals surface area contributed by atoms with Crippen LogP contribution in [-0.2, 0) is 26.2 Å². The highest BCUT2D eigenvalue weighted by Gasteiger charge is 2.36. The van der Waals surface area contributed by atoms with E-state index >= 15 is 0 Å². The third-order valence-electron chi connectivity index (χ3n) is 6.55. The first-order valence-corrected chi connectivity index (χ1v) is 15.8. The molecule has 9 nitrogen and oxygen atoms in total. The fourth-order valence-corrected chi connectivity index (χ4v) is 6.39. The second kappa shape index (κ2) is 14.3. The molecule has 0 bridgehead atoms. The molecule has 0 aromatic heterocycles. The maximum absolute atomic E-state index is 14.3. The molecule has 1 atom stereocenters. The average Bonchev–Trinajstić information content (AvgIpc) is 2.96. The first-order valence-electron chi connectivity index (χ1n) is 13.6.